The predicted molar refractivity (Wildman–Crippen MR) is 78.8 cm³/mol. The van der Waals surface area contributed by atoms with Crippen molar-refractivity contribution >= 4 is 23.4 Å². The largest absolute Gasteiger partial charge is 0.506 e. The molecule has 114 valence electrons. The summed E-state index contributed by atoms with van der Waals surface area (Å²) >= 11 is 0. The number of carbonyl (C=O) groups excluding carboxylic acids is 3. The van der Waals surface area contributed by atoms with Crippen LogP contribution in [0.4, 0.5) is 5.69 Å². The Morgan fingerprint density at radius 2 is 1.73 bits per heavy atom. The number of hydrogen-bond donors (Lipinski definition) is 2. The van der Waals surface area contributed by atoms with E-state index in [4.69, 9.17) is 0 Å². The Morgan fingerprint density at radius 3 is 2.32 bits per heavy atom. The summed E-state index contributed by atoms with van der Waals surface area (Å²) in [6.07, 6.45) is 4.90. The first-order valence-electron chi connectivity index (χ1n) is 7.16. The van der Waals surface area contributed by atoms with Crippen molar-refractivity contribution in [3.63, 3.8) is 0 Å². The number of carbonyl (C=O) groups is 3. The summed E-state index contributed by atoms with van der Waals surface area (Å²) in [5.41, 5.74) is 0.255. The first kappa shape index (κ1) is 14.3. The number of rotatable bonds is 3. The standard InChI is InChI=1S/C16H16N2O4/c19-13-8-4-3-7-12(13)17-14(20)9-18-15(21)10-5-1-2-6-11(10)16(18)22/h1-4,7-8,10-11,19H,5-6,9H2,(H,17,20). The van der Waals surface area contributed by atoms with Gasteiger partial charge in [0.25, 0.3) is 0 Å². The molecule has 1 aliphatic heterocycles. The fraction of sp³-hybridized carbons (Fsp3) is 0.312. The summed E-state index contributed by atoms with van der Waals surface area (Å²) in [6, 6.07) is 6.30. The molecule has 0 aromatic heterocycles. The van der Waals surface area contributed by atoms with Crippen LogP contribution in [0, 0.1) is 11.8 Å². The molecule has 3 amide bonds. The zero-order valence-corrected chi connectivity index (χ0v) is 11.9. The topological polar surface area (TPSA) is 86.7 Å². The lowest BCUT2D eigenvalue weighted by atomic mass is 9.85. The number of phenolic OH excluding ortho intramolecular Hbond substituents is 1. The van der Waals surface area contributed by atoms with Gasteiger partial charge in [0.15, 0.2) is 0 Å². The Morgan fingerprint density at radius 1 is 1.14 bits per heavy atom. The van der Waals surface area contributed by atoms with Gasteiger partial charge in [-0.25, -0.2) is 0 Å². The highest BCUT2D eigenvalue weighted by Crippen LogP contribution is 2.34. The van der Waals surface area contributed by atoms with Crippen LogP contribution in [0.3, 0.4) is 0 Å². The molecular formula is C16H16N2O4. The molecule has 1 aromatic rings. The van der Waals surface area contributed by atoms with Gasteiger partial charge >= 0.3 is 0 Å². The van der Waals surface area contributed by atoms with Crippen molar-refractivity contribution in [3.8, 4) is 5.75 Å². The Kier molecular flexibility index (Phi) is 3.66. The van der Waals surface area contributed by atoms with E-state index in [0.717, 1.165) is 4.90 Å². The van der Waals surface area contributed by atoms with Crippen LogP contribution in [0.25, 0.3) is 0 Å². The average molecular weight is 300 g/mol. The summed E-state index contributed by atoms with van der Waals surface area (Å²) in [7, 11) is 0. The highest BCUT2D eigenvalue weighted by molar-refractivity contribution is 6.09. The molecule has 2 aliphatic rings. The molecule has 1 heterocycles. The Labute approximate surface area is 127 Å². The smallest absolute Gasteiger partial charge is 0.244 e. The minimum atomic E-state index is -0.505. The van der Waals surface area contributed by atoms with Gasteiger partial charge in [0.1, 0.15) is 12.3 Å². The van der Waals surface area contributed by atoms with Gasteiger partial charge in [0.05, 0.1) is 17.5 Å². The van der Waals surface area contributed by atoms with Gasteiger partial charge in [-0.3, -0.25) is 19.3 Å². The zero-order chi connectivity index (χ0) is 15.7. The third-order valence-corrected chi connectivity index (χ3v) is 4.08. The molecule has 6 heteroatoms. The van der Waals surface area contributed by atoms with Gasteiger partial charge in [-0.15, -0.1) is 0 Å². The maximum Gasteiger partial charge on any atom is 0.244 e. The number of imide groups is 1. The molecule has 0 saturated carbocycles. The van der Waals surface area contributed by atoms with Crippen LogP contribution in [-0.4, -0.2) is 34.3 Å². The maximum absolute atomic E-state index is 12.2. The second-order valence-electron chi connectivity index (χ2n) is 5.48. The lowest BCUT2D eigenvalue weighted by molar-refractivity contribution is -0.142. The third kappa shape index (κ3) is 2.47. The van der Waals surface area contributed by atoms with Gasteiger partial charge in [0.2, 0.25) is 17.7 Å². The molecule has 3 rings (SSSR count). The van der Waals surface area contributed by atoms with E-state index < -0.39 is 5.91 Å². The number of benzene rings is 1. The second kappa shape index (κ2) is 5.63. The van der Waals surface area contributed by atoms with Crippen LogP contribution < -0.4 is 5.32 Å². The van der Waals surface area contributed by atoms with Gasteiger partial charge in [-0.1, -0.05) is 24.3 Å². The van der Waals surface area contributed by atoms with Crippen LogP contribution in [-0.2, 0) is 14.4 Å². The number of phenols is 1. The van der Waals surface area contributed by atoms with Crippen LogP contribution in [0.2, 0.25) is 0 Å². The van der Waals surface area contributed by atoms with E-state index in [0.29, 0.717) is 12.8 Å². The predicted octanol–water partition coefficient (Wildman–Crippen LogP) is 1.28. The molecule has 22 heavy (non-hydrogen) atoms. The number of amides is 3. The lowest BCUT2D eigenvalue weighted by Gasteiger charge is -2.14. The van der Waals surface area contributed by atoms with Crippen molar-refractivity contribution in [2.45, 2.75) is 12.8 Å². The van der Waals surface area contributed by atoms with Crippen LogP contribution in [0.15, 0.2) is 36.4 Å². The number of anilines is 1. The SMILES string of the molecule is O=C(CN1C(=O)C2CC=CCC2C1=O)Nc1ccccc1O. The second-order valence-corrected chi connectivity index (χ2v) is 5.48. The first-order valence-corrected chi connectivity index (χ1v) is 7.16. The number of aromatic hydroxyl groups is 1. The fourth-order valence-corrected chi connectivity index (χ4v) is 2.94. The minimum absolute atomic E-state index is 0.0622. The van der Waals surface area contributed by atoms with Crippen molar-refractivity contribution in [1.82, 2.24) is 4.90 Å². The van der Waals surface area contributed by atoms with E-state index in [-0.39, 0.29) is 41.6 Å². The number of likely N-dealkylation sites (tertiary alicyclic amines) is 1. The minimum Gasteiger partial charge on any atom is -0.506 e. The quantitative estimate of drug-likeness (QED) is 0.500. The number of hydrogen-bond acceptors (Lipinski definition) is 4. The summed E-state index contributed by atoms with van der Waals surface area (Å²) in [5, 5.41) is 12.1. The van der Waals surface area contributed by atoms with E-state index in [9.17, 15) is 19.5 Å². The van der Waals surface area contributed by atoms with Crippen molar-refractivity contribution < 1.29 is 19.5 Å². The van der Waals surface area contributed by atoms with Gasteiger partial charge < -0.3 is 10.4 Å². The van der Waals surface area contributed by atoms with E-state index >= 15 is 0 Å². The maximum atomic E-state index is 12.2. The molecule has 2 atom stereocenters. The highest BCUT2D eigenvalue weighted by atomic mass is 16.3. The molecule has 1 saturated heterocycles. The number of fused-ring (bicyclic) bond motifs is 1. The van der Waals surface area contributed by atoms with Crippen molar-refractivity contribution in [2.24, 2.45) is 11.8 Å². The average Bonchev–Trinajstić information content (AvgIpc) is 2.75. The van der Waals surface area contributed by atoms with Crippen LogP contribution in [0.5, 0.6) is 5.75 Å². The molecule has 0 spiro atoms. The third-order valence-electron chi connectivity index (χ3n) is 4.08. The van der Waals surface area contributed by atoms with Crippen molar-refractivity contribution in [3.05, 3.63) is 36.4 Å². The molecule has 0 bridgehead atoms. The van der Waals surface area contributed by atoms with Gasteiger partial charge in [-0.2, -0.15) is 0 Å². The molecular weight excluding hydrogens is 284 g/mol. The normalized spacial score (nSPS) is 23.5. The monoisotopic (exact) mass is 300 g/mol. The van der Waals surface area contributed by atoms with Gasteiger partial charge in [0, 0.05) is 0 Å². The molecule has 2 unspecified atom stereocenters. The Hall–Kier alpha value is -2.63. The van der Waals surface area contributed by atoms with Crippen LogP contribution >= 0.6 is 0 Å². The van der Waals surface area contributed by atoms with E-state index in [1.165, 1.54) is 6.07 Å². The summed E-state index contributed by atoms with van der Waals surface area (Å²) in [4.78, 5) is 37.6. The van der Waals surface area contributed by atoms with Gasteiger partial charge in [-0.05, 0) is 25.0 Å². The molecule has 0 radical (unpaired) electrons. The Bertz CT molecular complexity index is 642. The lowest BCUT2D eigenvalue weighted by Crippen LogP contribution is -2.38. The summed E-state index contributed by atoms with van der Waals surface area (Å²) in [6.45, 7) is -0.320. The Balaban J connectivity index is 1.68. The molecule has 1 fully saturated rings. The molecule has 6 nitrogen and oxygen atoms in total. The summed E-state index contributed by atoms with van der Waals surface area (Å²) < 4.78 is 0. The highest BCUT2D eigenvalue weighted by Gasteiger charge is 2.47. The first-order chi connectivity index (χ1) is 10.6. The molecule has 2 N–H and O–H groups in total. The van der Waals surface area contributed by atoms with E-state index in [2.05, 4.69) is 5.32 Å². The number of nitrogens with one attached hydrogen (secondary N) is 1. The molecule has 1 aromatic carbocycles. The zero-order valence-electron chi connectivity index (χ0n) is 11.9. The fourth-order valence-electron chi connectivity index (χ4n) is 2.94. The number of nitrogens with zero attached hydrogens (tertiary/aromatic N) is 1. The van der Waals surface area contributed by atoms with Crippen molar-refractivity contribution in [1.29, 1.82) is 0 Å². The number of allylic oxidation sites excluding steroid dienone is 2. The number of para-hydroxylation sites is 2. The summed E-state index contributed by atoms with van der Waals surface area (Å²) in [5.74, 6) is -1.81. The van der Waals surface area contributed by atoms with Crippen LogP contribution in [0.1, 0.15) is 12.8 Å². The van der Waals surface area contributed by atoms with E-state index in [1.54, 1.807) is 18.2 Å². The van der Waals surface area contributed by atoms with Crippen molar-refractivity contribution in [2.75, 3.05) is 11.9 Å². The molecule has 1 aliphatic carbocycles. The van der Waals surface area contributed by atoms with E-state index in [1.807, 2.05) is 12.2 Å².